The molecule has 92 valence electrons. The summed E-state index contributed by atoms with van der Waals surface area (Å²) in [4.78, 5) is 11.3. The topological polar surface area (TPSA) is 26.3 Å². The Morgan fingerprint density at radius 3 is 2.38 bits per heavy atom. The number of nitrogens with zero attached hydrogens (tertiary/aromatic N) is 1. The predicted octanol–water partition coefficient (Wildman–Crippen LogP) is 2.31. The van der Waals surface area contributed by atoms with Gasteiger partial charge in [-0.15, -0.1) is 0 Å². The van der Waals surface area contributed by atoms with E-state index in [1.165, 1.54) is 51.7 Å². The van der Waals surface area contributed by atoms with Gasteiger partial charge in [-0.3, -0.25) is 9.28 Å². The molecule has 1 spiro atoms. The Morgan fingerprint density at radius 1 is 1.12 bits per heavy atom. The fourth-order valence-corrected chi connectivity index (χ4v) is 3.56. The zero-order chi connectivity index (χ0) is 11.6. The SMILES string of the molecule is CC(=O)OC1C(C)CCC[N+]12CCCCC2. The lowest BCUT2D eigenvalue weighted by Crippen LogP contribution is -2.64. The van der Waals surface area contributed by atoms with Gasteiger partial charge in [-0.05, 0) is 32.1 Å². The van der Waals surface area contributed by atoms with Crippen molar-refractivity contribution in [1.29, 1.82) is 0 Å². The van der Waals surface area contributed by atoms with Crippen LogP contribution in [0, 0.1) is 5.92 Å². The molecule has 0 aromatic heterocycles. The molecule has 2 rings (SSSR count). The summed E-state index contributed by atoms with van der Waals surface area (Å²) < 4.78 is 6.69. The highest BCUT2D eigenvalue weighted by Gasteiger charge is 2.45. The van der Waals surface area contributed by atoms with Crippen LogP contribution in [0.15, 0.2) is 0 Å². The molecular formula is C13H24NO2+. The van der Waals surface area contributed by atoms with Crippen LogP contribution in [0.5, 0.6) is 0 Å². The van der Waals surface area contributed by atoms with E-state index in [9.17, 15) is 4.79 Å². The fourth-order valence-electron chi connectivity index (χ4n) is 3.56. The van der Waals surface area contributed by atoms with Crippen LogP contribution >= 0.6 is 0 Å². The van der Waals surface area contributed by atoms with Crippen LogP contribution in [0.25, 0.3) is 0 Å². The van der Waals surface area contributed by atoms with Gasteiger partial charge in [0.2, 0.25) is 6.23 Å². The second kappa shape index (κ2) is 4.74. The van der Waals surface area contributed by atoms with Crippen LogP contribution in [-0.2, 0) is 9.53 Å². The predicted molar refractivity (Wildman–Crippen MR) is 62.7 cm³/mol. The fraction of sp³-hybridized carbons (Fsp3) is 0.923. The molecule has 3 nitrogen and oxygen atoms in total. The van der Waals surface area contributed by atoms with Gasteiger partial charge in [-0.1, -0.05) is 6.92 Å². The standard InChI is InChI=1S/C13H24NO2/c1-11-7-6-10-14(8-4-3-5-9-14)13(11)16-12(2)15/h11,13H,3-10H2,1-2H3/q+1. The van der Waals surface area contributed by atoms with E-state index in [1.54, 1.807) is 6.92 Å². The first-order valence-corrected chi connectivity index (χ1v) is 6.67. The highest BCUT2D eigenvalue weighted by molar-refractivity contribution is 5.66. The molecule has 2 saturated heterocycles. The summed E-state index contributed by atoms with van der Waals surface area (Å²) in [6, 6.07) is 0. The Labute approximate surface area is 98.4 Å². The molecule has 0 bridgehead atoms. The minimum Gasteiger partial charge on any atom is -0.412 e. The molecule has 0 N–H and O–H groups in total. The van der Waals surface area contributed by atoms with Crippen LogP contribution < -0.4 is 0 Å². The van der Waals surface area contributed by atoms with Gasteiger partial charge in [-0.25, -0.2) is 0 Å². The van der Waals surface area contributed by atoms with E-state index < -0.39 is 0 Å². The molecule has 0 amide bonds. The van der Waals surface area contributed by atoms with Crippen molar-refractivity contribution in [1.82, 2.24) is 0 Å². The average Bonchev–Trinajstić information content (AvgIpc) is 2.25. The van der Waals surface area contributed by atoms with Crippen molar-refractivity contribution in [3.63, 3.8) is 0 Å². The van der Waals surface area contributed by atoms with Crippen LogP contribution in [0.2, 0.25) is 0 Å². The van der Waals surface area contributed by atoms with E-state index in [-0.39, 0.29) is 12.2 Å². The van der Waals surface area contributed by atoms with Crippen molar-refractivity contribution in [3.05, 3.63) is 0 Å². The molecule has 0 aromatic carbocycles. The maximum atomic E-state index is 11.3. The van der Waals surface area contributed by atoms with Crippen molar-refractivity contribution in [2.75, 3.05) is 19.6 Å². The van der Waals surface area contributed by atoms with Crippen molar-refractivity contribution < 1.29 is 14.0 Å². The molecule has 3 heteroatoms. The summed E-state index contributed by atoms with van der Waals surface area (Å²) >= 11 is 0. The molecule has 2 aliphatic rings. The first-order chi connectivity index (χ1) is 7.64. The van der Waals surface area contributed by atoms with E-state index >= 15 is 0 Å². The number of hydrogen-bond donors (Lipinski definition) is 0. The molecule has 0 aliphatic carbocycles. The number of rotatable bonds is 1. The summed E-state index contributed by atoms with van der Waals surface area (Å²) in [6.45, 7) is 7.41. The third-order valence-electron chi connectivity index (χ3n) is 4.28. The van der Waals surface area contributed by atoms with Gasteiger partial charge >= 0.3 is 5.97 Å². The zero-order valence-corrected chi connectivity index (χ0v) is 10.6. The van der Waals surface area contributed by atoms with E-state index in [0.717, 1.165) is 4.48 Å². The summed E-state index contributed by atoms with van der Waals surface area (Å²) in [5, 5.41) is 0. The van der Waals surface area contributed by atoms with E-state index in [2.05, 4.69) is 6.92 Å². The summed E-state index contributed by atoms with van der Waals surface area (Å²) in [5.74, 6) is 0.414. The highest BCUT2D eigenvalue weighted by Crippen LogP contribution is 2.34. The van der Waals surface area contributed by atoms with Gasteiger partial charge in [0.1, 0.15) is 0 Å². The number of hydrogen-bond acceptors (Lipinski definition) is 2. The van der Waals surface area contributed by atoms with Gasteiger partial charge in [0.15, 0.2) is 0 Å². The van der Waals surface area contributed by atoms with E-state index in [0.29, 0.717) is 5.92 Å². The second-order valence-electron chi connectivity index (χ2n) is 5.57. The third-order valence-corrected chi connectivity index (χ3v) is 4.28. The first kappa shape index (κ1) is 11.9. The number of piperidine rings is 2. The lowest BCUT2D eigenvalue weighted by Gasteiger charge is -2.50. The molecule has 16 heavy (non-hydrogen) atoms. The molecule has 2 aliphatic heterocycles. The van der Waals surface area contributed by atoms with Crippen LogP contribution in [0.3, 0.4) is 0 Å². The van der Waals surface area contributed by atoms with Crippen LogP contribution in [0.1, 0.15) is 46.0 Å². The molecule has 0 radical (unpaired) electrons. The largest absolute Gasteiger partial charge is 0.412 e. The van der Waals surface area contributed by atoms with Gasteiger partial charge in [0.05, 0.1) is 19.6 Å². The lowest BCUT2D eigenvalue weighted by molar-refractivity contribution is -0.981. The number of quaternary nitrogens is 1. The van der Waals surface area contributed by atoms with Crippen molar-refractivity contribution >= 4 is 5.97 Å². The Balaban J connectivity index is 2.14. The van der Waals surface area contributed by atoms with Crippen LogP contribution in [-0.4, -0.2) is 36.3 Å². The highest BCUT2D eigenvalue weighted by atomic mass is 16.6. The molecule has 0 saturated carbocycles. The van der Waals surface area contributed by atoms with Crippen LogP contribution in [0.4, 0.5) is 0 Å². The Kier molecular flexibility index (Phi) is 3.53. The molecule has 0 aromatic rings. The summed E-state index contributed by atoms with van der Waals surface area (Å²) in [7, 11) is 0. The van der Waals surface area contributed by atoms with Crippen molar-refractivity contribution in [2.24, 2.45) is 5.92 Å². The monoisotopic (exact) mass is 226 g/mol. The third kappa shape index (κ3) is 2.24. The van der Waals surface area contributed by atoms with Gasteiger partial charge in [0.25, 0.3) is 0 Å². The smallest absolute Gasteiger partial charge is 0.307 e. The average molecular weight is 226 g/mol. The molecule has 2 atom stereocenters. The number of carbonyl (C=O) groups is 1. The molecule has 2 heterocycles. The van der Waals surface area contributed by atoms with Gasteiger partial charge in [0, 0.05) is 12.8 Å². The van der Waals surface area contributed by atoms with E-state index in [4.69, 9.17) is 4.74 Å². The maximum absolute atomic E-state index is 11.3. The van der Waals surface area contributed by atoms with Crippen molar-refractivity contribution in [2.45, 2.75) is 52.2 Å². The lowest BCUT2D eigenvalue weighted by atomic mass is 9.92. The Hall–Kier alpha value is -0.570. The zero-order valence-electron chi connectivity index (χ0n) is 10.6. The Morgan fingerprint density at radius 2 is 1.75 bits per heavy atom. The number of ether oxygens (including phenoxy) is 1. The minimum absolute atomic E-state index is 0.109. The van der Waals surface area contributed by atoms with Crippen molar-refractivity contribution in [3.8, 4) is 0 Å². The number of carbonyl (C=O) groups excluding carboxylic acids is 1. The summed E-state index contributed by atoms with van der Waals surface area (Å²) in [5.41, 5.74) is 0. The number of esters is 1. The molecule has 2 unspecified atom stereocenters. The second-order valence-corrected chi connectivity index (χ2v) is 5.57. The maximum Gasteiger partial charge on any atom is 0.307 e. The summed E-state index contributed by atoms with van der Waals surface area (Å²) in [6.07, 6.45) is 6.57. The normalized spacial score (nSPS) is 33.6. The van der Waals surface area contributed by atoms with E-state index in [1.807, 2.05) is 0 Å². The van der Waals surface area contributed by atoms with Gasteiger partial charge < -0.3 is 4.74 Å². The first-order valence-electron chi connectivity index (χ1n) is 6.67. The molecular weight excluding hydrogens is 202 g/mol. The minimum atomic E-state index is -0.109. The Bertz CT molecular complexity index is 253. The quantitative estimate of drug-likeness (QED) is 0.506. The van der Waals surface area contributed by atoms with Gasteiger partial charge in [-0.2, -0.15) is 0 Å². The molecule has 2 fully saturated rings.